The van der Waals surface area contributed by atoms with Crippen molar-refractivity contribution in [3.63, 3.8) is 0 Å². The molecule has 27 heavy (non-hydrogen) atoms. The Morgan fingerprint density at radius 3 is 2.48 bits per heavy atom. The van der Waals surface area contributed by atoms with Crippen LogP contribution in [0.4, 0.5) is 14.5 Å². The summed E-state index contributed by atoms with van der Waals surface area (Å²) >= 11 is 0. The van der Waals surface area contributed by atoms with E-state index in [1.165, 1.54) is 25.3 Å². The number of alkyl halides is 2. The number of benzene rings is 1. The van der Waals surface area contributed by atoms with Crippen molar-refractivity contribution in [1.29, 1.82) is 0 Å². The third kappa shape index (κ3) is 5.36. The summed E-state index contributed by atoms with van der Waals surface area (Å²) in [6.07, 6.45) is 2.21. The summed E-state index contributed by atoms with van der Waals surface area (Å²) in [5, 5.41) is 11.3. The Hall–Kier alpha value is -2.75. The van der Waals surface area contributed by atoms with Gasteiger partial charge in [0.2, 0.25) is 5.91 Å². The lowest BCUT2D eigenvalue weighted by atomic mass is 10.1. The summed E-state index contributed by atoms with van der Waals surface area (Å²) in [4.78, 5) is 24.5. The number of ether oxygens (including phenoxy) is 3. The van der Waals surface area contributed by atoms with Crippen LogP contribution in [-0.4, -0.2) is 54.7 Å². The molecule has 1 fully saturated rings. The molecule has 1 aromatic rings. The minimum absolute atomic E-state index is 0.0289. The second-order valence-electron chi connectivity index (χ2n) is 6.03. The molecular weight excluding hydrogens is 366 g/mol. The zero-order valence-electron chi connectivity index (χ0n) is 15.1. The summed E-state index contributed by atoms with van der Waals surface area (Å²) in [6, 6.07) is 2.01. The molecule has 148 valence electrons. The topological polar surface area (TPSA) is 91.1 Å². The van der Waals surface area contributed by atoms with E-state index in [0.29, 0.717) is 13.1 Å². The molecule has 1 amide bonds. The number of halogens is 2. The van der Waals surface area contributed by atoms with E-state index in [1.54, 1.807) is 4.90 Å². The van der Waals surface area contributed by atoms with Crippen LogP contribution in [0.25, 0.3) is 6.08 Å². The summed E-state index contributed by atoms with van der Waals surface area (Å²) in [7, 11) is 1.22. The maximum atomic E-state index is 12.5. The fraction of sp³-hybridized carbons (Fsp3) is 0.471. The second-order valence-corrected chi connectivity index (χ2v) is 6.03. The lowest BCUT2D eigenvalue weighted by Crippen LogP contribution is -2.47. The van der Waals surface area contributed by atoms with Crippen LogP contribution in [-0.2, 0) is 9.53 Å². The van der Waals surface area contributed by atoms with E-state index >= 15 is 0 Å². The Kier molecular flexibility index (Phi) is 6.67. The lowest BCUT2D eigenvalue weighted by Gasteiger charge is -2.34. The first-order valence-corrected chi connectivity index (χ1v) is 8.15. The van der Waals surface area contributed by atoms with E-state index in [1.807, 2.05) is 13.8 Å². The van der Waals surface area contributed by atoms with E-state index in [0.717, 1.165) is 6.07 Å². The second kappa shape index (κ2) is 8.76. The van der Waals surface area contributed by atoms with E-state index in [2.05, 4.69) is 4.74 Å². The third-order valence-corrected chi connectivity index (χ3v) is 3.86. The molecule has 2 unspecified atom stereocenters. The summed E-state index contributed by atoms with van der Waals surface area (Å²) in [5.41, 5.74) is -0.458. The van der Waals surface area contributed by atoms with Crippen molar-refractivity contribution in [2.45, 2.75) is 32.7 Å². The number of nitrogens with zero attached hydrogens (tertiary/aromatic N) is 2. The first-order valence-electron chi connectivity index (χ1n) is 8.15. The summed E-state index contributed by atoms with van der Waals surface area (Å²) < 4.78 is 39.7. The fourth-order valence-corrected chi connectivity index (χ4v) is 2.83. The van der Waals surface area contributed by atoms with Crippen molar-refractivity contribution >= 4 is 17.7 Å². The predicted octanol–water partition coefficient (Wildman–Crippen LogP) is 2.85. The van der Waals surface area contributed by atoms with Gasteiger partial charge < -0.3 is 19.1 Å². The van der Waals surface area contributed by atoms with Crippen molar-refractivity contribution in [2.24, 2.45) is 0 Å². The van der Waals surface area contributed by atoms with E-state index in [9.17, 15) is 23.7 Å². The number of carbonyl (C=O) groups is 1. The zero-order chi connectivity index (χ0) is 20.1. The first-order chi connectivity index (χ1) is 12.7. The van der Waals surface area contributed by atoms with Gasteiger partial charge in [0.05, 0.1) is 35.9 Å². The van der Waals surface area contributed by atoms with Gasteiger partial charge in [0.15, 0.2) is 11.5 Å². The Balaban J connectivity index is 2.29. The molecule has 2 rings (SSSR count). The molecule has 10 heteroatoms. The Morgan fingerprint density at radius 2 is 1.96 bits per heavy atom. The number of hydrogen-bond donors (Lipinski definition) is 0. The predicted molar refractivity (Wildman–Crippen MR) is 91.9 cm³/mol. The van der Waals surface area contributed by atoms with Gasteiger partial charge >= 0.3 is 6.61 Å². The molecule has 0 saturated carbocycles. The highest BCUT2D eigenvalue weighted by atomic mass is 19.3. The quantitative estimate of drug-likeness (QED) is 0.424. The molecule has 1 aliphatic heterocycles. The SMILES string of the molecule is COc1cc(C=CC(=O)N2CC(C)OC(C)C2)c([N+](=O)[O-])cc1OC(F)F. The van der Waals surface area contributed by atoms with E-state index < -0.39 is 23.0 Å². The first kappa shape index (κ1) is 20.6. The summed E-state index contributed by atoms with van der Waals surface area (Å²) in [6.45, 7) is 1.33. The number of methoxy groups -OCH3 is 1. The molecular formula is C17H20F2N2O6. The van der Waals surface area contributed by atoms with Crippen LogP contribution in [0.3, 0.4) is 0 Å². The van der Waals surface area contributed by atoms with Gasteiger partial charge in [-0.25, -0.2) is 0 Å². The number of nitro groups is 1. The van der Waals surface area contributed by atoms with Gasteiger partial charge in [-0.1, -0.05) is 0 Å². The molecule has 0 aromatic heterocycles. The number of carbonyl (C=O) groups excluding carboxylic acids is 1. The highest BCUT2D eigenvalue weighted by molar-refractivity contribution is 5.92. The largest absolute Gasteiger partial charge is 0.493 e. The lowest BCUT2D eigenvalue weighted by molar-refractivity contribution is -0.385. The number of rotatable bonds is 6. The van der Waals surface area contributed by atoms with E-state index in [4.69, 9.17) is 9.47 Å². The normalized spacial score (nSPS) is 20.1. The van der Waals surface area contributed by atoms with Gasteiger partial charge in [0.1, 0.15) is 0 Å². The van der Waals surface area contributed by atoms with Crippen LogP contribution in [0.2, 0.25) is 0 Å². The molecule has 0 aliphatic carbocycles. The highest BCUT2D eigenvalue weighted by Gasteiger charge is 2.25. The molecule has 2 atom stereocenters. The maximum absolute atomic E-state index is 12.5. The monoisotopic (exact) mass is 386 g/mol. The zero-order valence-corrected chi connectivity index (χ0v) is 15.1. The molecule has 0 radical (unpaired) electrons. The molecule has 0 spiro atoms. The van der Waals surface area contributed by atoms with Crippen LogP contribution < -0.4 is 9.47 Å². The van der Waals surface area contributed by atoms with Gasteiger partial charge in [-0.15, -0.1) is 0 Å². The molecule has 1 aromatic carbocycles. The van der Waals surface area contributed by atoms with Crippen molar-refractivity contribution in [1.82, 2.24) is 4.90 Å². The number of morpholine rings is 1. The maximum Gasteiger partial charge on any atom is 0.387 e. The van der Waals surface area contributed by atoms with Crippen molar-refractivity contribution in [3.8, 4) is 11.5 Å². The molecule has 1 heterocycles. The number of amides is 1. The van der Waals surface area contributed by atoms with Crippen LogP contribution in [0.15, 0.2) is 18.2 Å². The van der Waals surface area contributed by atoms with Crippen LogP contribution >= 0.6 is 0 Å². The van der Waals surface area contributed by atoms with Gasteiger partial charge in [0, 0.05) is 19.2 Å². The summed E-state index contributed by atoms with van der Waals surface area (Å²) in [5.74, 6) is -0.904. The van der Waals surface area contributed by atoms with Crippen molar-refractivity contribution < 1.29 is 32.7 Å². The number of hydrogen-bond acceptors (Lipinski definition) is 6. The van der Waals surface area contributed by atoms with Crippen molar-refractivity contribution in [3.05, 3.63) is 33.9 Å². The van der Waals surface area contributed by atoms with Gasteiger partial charge in [-0.3, -0.25) is 14.9 Å². The van der Waals surface area contributed by atoms with Crippen LogP contribution in [0, 0.1) is 10.1 Å². The average Bonchev–Trinajstić information content (AvgIpc) is 2.58. The van der Waals surface area contributed by atoms with Gasteiger partial charge in [-0.2, -0.15) is 8.78 Å². The van der Waals surface area contributed by atoms with Gasteiger partial charge in [-0.05, 0) is 26.0 Å². The smallest absolute Gasteiger partial charge is 0.387 e. The highest BCUT2D eigenvalue weighted by Crippen LogP contribution is 2.36. The molecule has 8 nitrogen and oxygen atoms in total. The standard InChI is InChI=1S/C17H20F2N2O6/c1-10-8-20(9-11(2)26-10)16(22)5-4-12-6-14(25-3)15(27-17(18)19)7-13(12)21(23)24/h4-7,10-11,17H,8-9H2,1-3H3. The minimum atomic E-state index is -3.16. The van der Waals surface area contributed by atoms with Crippen molar-refractivity contribution in [2.75, 3.05) is 20.2 Å². The van der Waals surface area contributed by atoms with Gasteiger partial charge in [0.25, 0.3) is 5.69 Å². The Bertz CT molecular complexity index is 730. The van der Waals surface area contributed by atoms with E-state index in [-0.39, 0.29) is 29.4 Å². The third-order valence-electron chi connectivity index (χ3n) is 3.86. The molecule has 1 aliphatic rings. The molecule has 0 N–H and O–H groups in total. The molecule has 1 saturated heterocycles. The fourth-order valence-electron chi connectivity index (χ4n) is 2.83. The Morgan fingerprint density at radius 1 is 1.33 bits per heavy atom. The average molecular weight is 386 g/mol. The Labute approximate surface area is 154 Å². The number of nitro benzene ring substituents is 1. The minimum Gasteiger partial charge on any atom is -0.493 e. The van der Waals surface area contributed by atoms with Crippen LogP contribution in [0.1, 0.15) is 19.4 Å². The molecule has 0 bridgehead atoms. The van der Waals surface area contributed by atoms with Crippen LogP contribution in [0.5, 0.6) is 11.5 Å².